The van der Waals surface area contributed by atoms with E-state index in [1.165, 1.54) is 43.2 Å². The van der Waals surface area contributed by atoms with Gasteiger partial charge in [-0.2, -0.15) is 0 Å². The first-order valence-electron chi connectivity index (χ1n) is 9.03. The summed E-state index contributed by atoms with van der Waals surface area (Å²) in [5.41, 5.74) is 5.64. The Bertz CT molecular complexity index is 1020. The summed E-state index contributed by atoms with van der Waals surface area (Å²) in [7, 11) is 4.24. The Morgan fingerprint density at radius 1 is 1.44 bits per heavy atom. The lowest BCUT2D eigenvalue weighted by atomic mass is 10.0. The van der Waals surface area contributed by atoms with Gasteiger partial charge >= 0.3 is 12.1 Å². The molecule has 1 fully saturated rings. The molecule has 0 spiro atoms. The normalized spacial score (nSPS) is 20.3. The van der Waals surface area contributed by atoms with Crippen LogP contribution in [0.3, 0.4) is 0 Å². The first-order chi connectivity index (χ1) is 15.1. The molecule has 0 aromatic carbocycles. The fraction of sp³-hybridized carbons (Fsp3) is 0.412. The highest BCUT2D eigenvalue weighted by atomic mass is 32.2. The molecule has 1 aromatic rings. The fourth-order valence-electron chi connectivity index (χ4n) is 2.97. The number of nitrogens with zero attached hydrogens (tertiary/aromatic N) is 4. The number of rotatable bonds is 7. The van der Waals surface area contributed by atoms with Gasteiger partial charge in [-0.15, -0.1) is 23.1 Å². The fourth-order valence-corrected chi connectivity index (χ4v) is 4.85. The molecular formula is C17H20N6O7S2. The maximum atomic E-state index is 12.7. The molecule has 2 aliphatic rings. The van der Waals surface area contributed by atoms with Crippen LogP contribution >= 0.6 is 23.1 Å². The molecular weight excluding hydrogens is 464 g/mol. The average Bonchev–Trinajstić information content (AvgIpc) is 3.18. The van der Waals surface area contributed by atoms with E-state index in [0.717, 1.165) is 16.2 Å². The molecule has 13 nitrogen and oxygen atoms in total. The summed E-state index contributed by atoms with van der Waals surface area (Å²) in [5, 5.41) is 17.0. The summed E-state index contributed by atoms with van der Waals surface area (Å²) in [6.07, 6.45) is -0.637. The van der Waals surface area contributed by atoms with Gasteiger partial charge in [0.05, 0.1) is 0 Å². The first-order valence-corrected chi connectivity index (χ1v) is 11.0. The van der Waals surface area contributed by atoms with Crippen molar-refractivity contribution >= 4 is 57.8 Å². The van der Waals surface area contributed by atoms with Gasteiger partial charge in [-0.05, 0) is 0 Å². The summed E-state index contributed by atoms with van der Waals surface area (Å²) in [4.78, 5) is 59.9. The van der Waals surface area contributed by atoms with E-state index in [-0.39, 0.29) is 40.2 Å². The summed E-state index contributed by atoms with van der Waals surface area (Å²) in [6, 6.07) is -0.981. The topological polar surface area (TPSA) is 177 Å². The minimum atomic E-state index is -1.33. The number of aromatic nitrogens is 1. The smallest absolute Gasteiger partial charge is 0.409 e. The van der Waals surface area contributed by atoms with Gasteiger partial charge in [0, 0.05) is 30.8 Å². The second kappa shape index (κ2) is 9.44. The molecule has 15 heteroatoms. The first kappa shape index (κ1) is 23.3. The van der Waals surface area contributed by atoms with Gasteiger partial charge in [0.1, 0.15) is 36.5 Å². The predicted molar refractivity (Wildman–Crippen MR) is 115 cm³/mol. The Kier molecular flexibility index (Phi) is 6.88. The van der Waals surface area contributed by atoms with E-state index in [1.807, 2.05) is 0 Å². The Labute approximate surface area is 190 Å². The van der Waals surface area contributed by atoms with E-state index in [2.05, 4.69) is 15.5 Å². The quantitative estimate of drug-likeness (QED) is 0.260. The van der Waals surface area contributed by atoms with Gasteiger partial charge in [-0.1, -0.05) is 5.16 Å². The highest BCUT2D eigenvalue weighted by molar-refractivity contribution is 8.00. The van der Waals surface area contributed by atoms with Crippen LogP contribution in [-0.4, -0.2) is 94.5 Å². The van der Waals surface area contributed by atoms with Gasteiger partial charge in [0.25, 0.3) is 11.8 Å². The van der Waals surface area contributed by atoms with Crippen LogP contribution in [0.2, 0.25) is 0 Å². The van der Waals surface area contributed by atoms with Crippen LogP contribution in [0.1, 0.15) is 5.69 Å². The number of thioether (sulfide) groups is 1. The van der Waals surface area contributed by atoms with Gasteiger partial charge in [0.2, 0.25) is 0 Å². The van der Waals surface area contributed by atoms with Crippen molar-refractivity contribution < 1.29 is 33.9 Å². The van der Waals surface area contributed by atoms with Crippen LogP contribution in [0.4, 0.5) is 9.93 Å². The third-order valence-corrected chi connectivity index (χ3v) is 6.45. The number of aliphatic carboxylic acids is 1. The van der Waals surface area contributed by atoms with Crippen LogP contribution in [-0.2, 0) is 24.0 Å². The minimum Gasteiger partial charge on any atom is -0.477 e. The number of fused-ring (bicyclic) bond motifs is 1. The number of ether oxygens (including phenoxy) is 1. The second-order valence-electron chi connectivity index (χ2n) is 6.76. The van der Waals surface area contributed by atoms with Crippen LogP contribution in [0.25, 0.3) is 0 Å². The second-order valence-corrected chi connectivity index (χ2v) is 8.76. The molecule has 0 unspecified atom stereocenters. The number of β-lactam (4-membered cyclic amide) rings is 1. The van der Waals surface area contributed by atoms with Crippen molar-refractivity contribution in [2.45, 2.75) is 11.4 Å². The molecule has 0 aliphatic carbocycles. The van der Waals surface area contributed by atoms with Crippen LogP contribution in [0.15, 0.2) is 21.8 Å². The van der Waals surface area contributed by atoms with E-state index in [1.54, 1.807) is 0 Å². The highest BCUT2D eigenvalue weighted by Gasteiger charge is 2.54. The van der Waals surface area contributed by atoms with Gasteiger partial charge in [0.15, 0.2) is 10.8 Å². The number of carbonyl (C=O) groups is 4. The Morgan fingerprint density at radius 2 is 2.16 bits per heavy atom. The molecule has 0 saturated carbocycles. The standard InChI is InChI=1S/C17H20N6O7S2/c1-22(2)17(28)30-4-7-5-31-14-10(13(25)23(14)11(7)15(26)27)20-12(24)9(21-29-3)8-6-32-16(18)19-8/h6,10,14H,4-5H2,1-3H3,(H2,18,19)(H,20,24)(H,26,27)/b21-9-/t10-,14-/m1/s1. The van der Waals surface area contributed by atoms with Crippen LogP contribution in [0.5, 0.6) is 0 Å². The number of nitrogen functional groups attached to an aromatic ring is 1. The predicted octanol–water partition coefficient (Wildman–Crippen LogP) is -0.487. The maximum absolute atomic E-state index is 12.7. The summed E-state index contributed by atoms with van der Waals surface area (Å²) < 4.78 is 5.07. The largest absolute Gasteiger partial charge is 0.477 e. The third-order valence-electron chi connectivity index (χ3n) is 4.43. The monoisotopic (exact) mass is 484 g/mol. The number of hydrogen-bond acceptors (Lipinski definition) is 11. The zero-order valence-electron chi connectivity index (χ0n) is 17.2. The Balaban J connectivity index is 1.75. The molecule has 1 saturated heterocycles. The summed E-state index contributed by atoms with van der Waals surface area (Å²) in [5.74, 6) is -2.46. The van der Waals surface area contributed by atoms with E-state index < -0.39 is 35.3 Å². The number of carbonyl (C=O) groups excluding carboxylic acids is 3. The van der Waals surface area contributed by atoms with Gasteiger partial charge in [-0.3, -0.25) is 14.5 Å². The summed E-state index contributed by atoms with van der Waals surface area (Å²) >= 11 is 2.35. The molecule has 3 heterocycles. The third kappa shape index (κ3) is 4.47. The Morgan fingerprint density at radius 3 is 2.72 bits per heavy atom. The number of carboxylic acid groups (broad SMARTS) is 1. The van der Waals surface area contributed by atoms with Crippen molar-refractivity contribution in [1.82, 2.24) is 20.1 Å². The van der Waals surface area contributed by atoms with Crippen LogP contribution in [0, 0.1) is 0 Å². The zero-order valence-corrected chi connectivity index (χ0v) is 18.9. The molecule has 32 heavy (non-hydrogen) atoms. The minimum absolute atomic E-state index is 0.169. The number of carboxylic acids is 1. The molecule has 3 rings (SSSR count). The van der Waals surface area contributed by atoms with Crippen molar-refractivity contribution in [3.8, 4) is 0 Å². The van der Waals surface area contributed by atoms with Gasteiger partial charge in [-0.25, -0.2) is 14.6 Å². The van der Waals surface area contributed by atoms with Crippen molar-refractivity contribution in [3.05, 3.63) is 22.3 Å². The number of nitrogens with two attached hydrogens (primary N) is 1. The van der Waals surface area contributed by atoms with E-state index in [9.17, 15) is 24.3 Å². The van der Waals surface area contributed by atoms with E-state index in [4.69, 9.17) is 15.3 Å². The molecule has 172 valence electrons. The number of oxime groups is 1. The average molecular weight is 485 g/mol. The molecule has 4 N–H and O–H groups in total. The number of hydrogen-bond donors (Lipinski definition) is 3. The van der Waals surface area contributed by atoms with E-state index >= 15 is 0 Å². The van der Waals surface area contributed by atoms with Gasteiger partial charge < -0.3 is 30.6 Å². The SMILES string of the molecule is CO/N=C(\C(=O)N[C@@H]1C(=O)N2C(C(=O)O)=C(COC(=O)N(C)C)CS[C@H]12)c1csc(N)n1. The number of thiazole rings is 1. The molecule has 0 bridgehead atoms. The van der Waals surface area contributed by atoms with E-state index in [0.29, 0.717) is 0 Å². The summed E-state index contributed by atoms with van der Waals surface area (Å²) in [6.45, 7) is -0.269. The van der Waals surface area contributed by atoms with Crippen molar-refractivity contribution in [2.75, 3.05) is 39.3 Å². The van der Waals surface area contributed by atoms with Crippen molar-refractivity contribution in [1.29, 1.82) is 0 Å². The lowest BCUT2D eigenvalue weighted by Gasteiger charge is -2.49. The highest BCUT2D eigenvalue weighted by Crippen LogP contribution is 2.40. The number of anilines is 1. The van der Waals surface area contributed by atoms with Crippen molar-refractivity contribution in [2.24, 2.45) is 5.16 Å². The number of nitrogens with one attached hydrogen (secondary N) is 1. The van der Waals surface area contributed by atoms with Crippen molar-refractivity contribution in [3.63, 3.8) is 0 Å². The van der Waals surface area contributed by atoms with Crippen LogP contribution < -0.4 is 11.1 Å². The number of amides is 3. The maximum Gasteiger partial charge on any atom is 0.409 e. The lowest BCUT2D eigenvalue weighted by molar-refractivity contribution is -0.150. The molecule has 2 aliphatic heterocycles. The molecule has 1 aromatic heterocycles. The molecule has 3 amide bonds. The zero-order chi connectivity index (χ0) is 23.6. The Hall–Kier alpha value is -3.33. The molecule has 2 atom stereocenters. The lowest BCUT2D eigenvalue weighted by Crippen LogP contribution is -2.71. The molecule has 0 radical (unpaired) electrons.